The number of hydrogen-bond acceptors (Lipinski definition) is 4. The Morgan fingerprint density at radius 3 is 2.81 bits per heavy atom. The van der Waals surface area contributed by atoms with Gasteiger partial charge >= 0.3 is 0 Å². The summed E-state index contributed by atoms with van der Waals surface area (Å²) in [6, 6.07) is 4.74. The van der Waals surface area contributed by atoms with Gasteiger partial charge in [0.15, 0.2) is 0 Å². The highest BCUT2D eigenvalue weighted by atomic mass is 32.1. The van der Waals surface area contributed by atoms with Crippen LogP contribution in [0.25, 0.3) is 0 Å². The first kappa shape index (κ1) is 13.9. The fourth-order valence-corrected chi connectivity index (χ4v) is 5.26. The summed E-state index contributed by atoms with van der Waals surface area (Å²) in [6.45, 7) is 7.21. The fourth-order valence-electron chi connectivity index (χ4n) is 3.45. The quantitative estimate of drug-likeness (QED) is 0.842. The van der Waals surface area contributed by atoms with Crippen LogP contribution in [0.5, 0.6) is 0 Å². The highest BCUT2D eigenvalue weighted by Crippen LogP contribution is 2.26. The molecule has 0 radical (unpaired) electrons. The average Bonchev–Trinajstić information content (AvgIpc) is 3.21. The van der Waals surface area contributed by atoms with Crippen molar-refractivity contribution in [2.24, 2.45) is 0 Å². The molecule has 4 rings (SSSR count). The van der Waals surface area contributed by atoms with Gasteiger partial charge in [0, 0.05) is 35.9 Å². The van der Waals surface area contributed by atoms with Crippen LogP contribution in [-0.2, 0) is 26.1 Å². The van der Waals surface area contributed by atoms with Crippen molar-refractivity contribution in [1.82, 2.24) is 9.80 Å². The maximum atomic E-state index is 2.60. The minimum atomic E-state index is 1.12. The Hall–Kier alpha value is -0.680. The highest BCUT2D eigenvalue weighted by Gasteiger charge is 2.18. The summed E-state index contributed by atoms with van der Waals surface area (Å²) in [5.41, 5.74) is 3.07. The van der Waals surface area contributed by atoms with Crippen molar-refractivity contribution >= 4 is 22.7 Å². The van der Waals surface area contributed by atoms with Crippen LogP contribution in [-0.4, -0.2) is 29.4 Å². The van der Waals surface area contributed by atoms with Gasteiger partial charge in [-0.2, -0.15) is 0 Å². The molecule has 21 heavy (non-hydrogen) atoms. The van der Waals surface area contributed by atoms with Crippen LogP contribution in [0.15, 0.2) is 22.9 Å². The molecule has 4 heterocycles. The summed E-state index contributed by atoms with van der Waals surface area (Å²) in [4.78, 5) is 8.32. The molecular weight excluding hydrogens is 296 g/mol. The molecule has 2 aliphatic heterocycles. The highest BCUT2D eigenvalue weighted by molar-refractivity contribution is 7.10. The van der Waals surface area contributed by atoms with Crippen molar-refractivity contribution < 1.29 is 0 Å². The van der Waals surface area contributed by atoms with Gasteiger partial charge in [-0.05, 0) is 66.4 Å². The molecule has 4 heteroatoms. The lowest BCUT2D eigenvalue weighted by molar-refractivity contribution is 0.249. The fraction of sp³-hybridized carbons (Fsp3) is 0.529. The summed E-state index contributed by atoms with van der Waals surface area (Å²) in [5.74, 6) is 0. The smallest absolute Gasteiger partial charge is 0.0331 e. The van der Waals surface area contributed by atoms with Crippen molar-refractivity contribution in [2.45, 2.75) is 38.9 Å². The molecule has 0 N–H and O–H groups in total. The first-order valence-electron chi connectivity index (χ1n) is 7.93. The van der Waals surface area contributed by atoms with E-state index in [0.717, 1.165) is 19.6 Å². The number of likely N-dealkylation sites (tertiary alicyclic amines) is 1. The first-order chi connectivity index (χ1) is 10.4. The van der Waals surface area contributed by atoms with E-state index in [2.05, 4.69) is 32.7 Å². The van der Waals surface area contributed by atoms with E-state index < -0.39 is 0 Å². The van der Waals surface area contributed by atoms with Crippen molar-refractivity contribution in [3.63, 3.8) is 0 Å². The number of fused-ring (bicyclic) bond motifs is 1. The predicted molar refractivity (Wildman–Crippen MR) is 91.0 cm³/mol. The molecule has 0 spiro atoms. The van der Waals surface area contributed by atoms with E-state index in [1.807, 2.05) is 22.7 Å². The summed E-state index contributed by atoms with van der Waals surface area (Å²) in [5, 5.41) is 4.61. The second kappa shape index (κ2) is 6.21. The maximum absolute atomic E-state index is 2.60. The second-order valence-electron chi connectivity index (χ2n) is 6.23. The Morgan fingerprint density at radius 2 is 1.90 bits per heavy atom. The zero-order chi connectivity index (χ0) is 14.1. The summed E-state index contributed by atoms with van der Waals surface area (Å²) >= 11 is 3.87. The molecule has 0 aromatic carbocycles. The maximum Gasteiger partial charge on any atom is 0.0331 e. The van der Waals surface area contributed by atoms with Crippen LogP contribution in [0.3, 0.4) is 0 Å². The lowest BCUT2D eigenvalue weighted by atomic mass is 10.1. The number of thiophene rings is 2. The Bertz CT molecular complexity index is 595. The van der Waals surface area contributed by atoms with Crippen molar-refractivity contribution in [3.05, 3.63) is 43.8 Å². The standard InChI is InChI=1S/C17H22N2S2/c1-2-6-18(5-1)10-14-9-16(21-13-14)12-19-7-3-17-15(11-19)4-8-20-17/h4,8-9,13H,1-3,5-7,10-12H2. The molecule has 112 valence electrons. The molecule has 0 amide bonds. The zero-order valence-corrected chi connectivity index (χ0v) is 14.0. The van der Waals surface area contributed by atoms with Gasteiger partial charge in [0.25, 0.3) is 0 Å². The average molecular weight is 319 g/mol. The lowest BCUT2D eigenvalue weighted by Crippen LogP contribution is -2.28. The topological polar surface area (TPSA) is 6.48 Å². The van der Waals surface area contributed by atoms with Gasteiger partial charge in [-0.15, -0.1) is 22.7 Å². The van der Waals surface area contributed by atoms with Crippen molar-refractivity contribution in [2.75, 3.05) is 19.6 Å². The molecule has 2 aromatic heterocycles. The van der Waals surface area contributed by atoms with Crippen LogP contribution in [0.1, 0.15) is 33.7 Å². The summed E-state index contributed by atoms with van der Waals surface area (Å²) in [6.07, 6.45) is 4.00. The lowest BCUT2D eigenvalue weighted by Gasteiger charge is -2.26. The van der Waals surface area contributed by atoms with Gasteiger partial charge < -0.3 is 0 Å². The molecule has 0 aliphatic carbocycles. The third-order valence-corrected chi connectivity index (χ3v) is 6.57. The minimum Gasteiger partial charge on any atom is -0.299 e. The number of hydrogen-bond donors (Lipinski definition) is 0. The second-order valence-corrected chi connectivity index (χ2v) is 8.23. The van der Waals surface area contributed by atoms with Crippen LogP contribution >= 0.6 is 22.7 Å². The van der Waals surface area contributed by atoms with Crippen LogP contribution < -0.4 is 0 Å². The van der Waals surface area contributed by atoms with E-state index in [0.29, 0.717) is 0 Å². The molecule has 0 unspecified atom stereocenters. The zero-order valence-electron chi connectivity index (χ0n) is 12.4. The Balaban J connectivity index is 1.36. The van der Waals surface area contributed by atoms with Crippen LogP contribution in [0.2, 0.25) is 0 Å². The van der Waals surface area contributed by atoms with Gasteiger partial charge in [0.2, 0.25) is 0 Å². The van der Waals surface area contributed by atoms with Crippen LogP contribution in [0, 0.1) is 0 Å². The monoisotopic (exact) mass is 318 g/mol. The molecule has 2 nitrogen and oxygen atoms in total. The SMILES string of the molecule is c1cc2c(s1)CCN(Cc1cc(CN3CCCC3)cs1)C2. The molecule has 0 saturated carbocycles. The molecule has 2 aliphatic rings. The predicted octanol–water partition coefficient (Wildman–Crippen LogP) is 3.96. The minimum absolute atomic E-state index is 1.12. The van der Waals surface area contributed by atoms with Gasteiger partial charge in [-0.1, -0.05) is 0 Å². The van der Waals surface area contributed by atoms with E-state index in [9.17, 15) is 0 Å². The van der Waals surface area contributed by atoms with E-state index >= 15 is 0 Å². The van der Waals surface area contributed by atoms with Gasteiger partial charge in [0.1, 0.15) is 0 Å². The molecule has 0 atom stereocenters. The largest absolute Gasteiger partial charge is 0.299 e. The summed E-state index contributed by atoms with van der Waals surface area (Å²) in [7, 11) is 0. The van der Waals surface area contributed by atoms with Crippen LogP contribution in [0.4, 0.5) is 0 Å². The van der Waals surface area contributed by atoms with Gasteiger partial charge in [-0.25, -0.2) is 0 Å². The first-order valence-corrected chi connectivity index (χ1v) is 9.69. The number of nitrogens with zero attached hydrogens (tertiary/aromatic N) is 2. The third kappa shape index (κ3) is 3.24. The van der Waals surface area contributed by atoms with E-state index in [4.69, 9.17) is 0 Å². The number of rotatable bonds is 4. The van der Waals surface area contributed by atoms with Gasteiger partial charge in [-0.3, -0.25) is 9.80 Å². The van der Waals surface area contributed by atoms with Gasteiger partial charge in [0.05, 0.1) is 0 Å². The van der Waals surface area contributed by atoms with E-state index in [1.165, 1.54) is 49.3 Å². The molecular formula is C17H22N2S2. The molecule has 0 bridgehead atoms. The van der Waals surface area contributed by atoms with E-state index in [1.54, 1.807) is 10.4 Å². The normalized spacial score (nSPS) is 20.0. The Kier molecular flexibility index (Phi) is 4.12. The van der Waals surface area contributed by atoms with Crippen molar-refractivity contribution in [1.29, 1.82) is 0 Å². The summed E-state index contributed by atoms with van der Waals surface area (Å²) < 4.78 is 0. The van der Waals surface area contributed by atoms with Crippen molar-refractivity contribution in [3.8, 4) is 0 Å². The molecule has 1 saturated heterocycles. The Morgan fingerprint density at radius 1 is 1.00 bits per heavy atom. The molecule has 2 aromatic rings. The van der Waals surface area contributed by atoms with E-state index in [-0.39, 0.29) is 0 Å². The molecule has 1 fully saturated rings. The third-order valence-electron chi connectivity index (χ3n) is 4.58. The Labute approximate surface area is 135 Å².